The standard InChI is InChI=1S/C18H29N3O3S/c1-14-11-15(2)13-21(12-14)10-6-9-19-18(22)16-7-4-5-8-17(16)20-25(3,23)24/h4-5,7-8,14-15,20H,6,9-13H2,1-3H3,(H,19,22). The van der Waals surface area contributed by atoms with Gasteiger partial charge >= 0.3 is 0 Å². The molecular weight excluding hydrogens is 338 g/mol. The number of benzene rings is 1. The summed E-state index contributed by atoms with van der Waals surface area (Å²) in [5.74, 6) is 1.20. The minimum absolute atomic E-state index is 0.257. The predicted octanol–water partition coefficient (Wildman–Crippen LogP) is 2.16. The van der Waals surface area contributed by atoms with Gasteiger partial charge in [0.1, 0.15) is 0 Å². The third-order valence-corrected chi connectivity index (χ3v) is 4.94. The highest BCUT2D eigenvalue weighted by Crippen LogP contribution is 2.20. The van der Waals surface area contributed by atoms with Crippen molar-refractivity contribution in [2.24, 2.45) is 11.8 Å². The van der Waals surface area contributed by atoms with Crippen LogP contribution in [0.25, 0.3) is 0 Å². The molecule has 1 aliphatic rings. The number of amides is 1. The maximum atomic E-state index is 12.3. The molecule has 1 aliphatic heterocycles. The molecular formula is C18H29N3O3S. The van der Waals surface area contributed by atoms with Crippen LogP contribution in [0.15, 0.2) is 24.3 Å². The van der Waals surface area contributed by atoms with E-state index < -0.39 is 10.0 Å². The fourth-order valence-corrected chi connectivity index (χ4v) is 4.12. The van der Waals surface area contributed by atoms with E-state index in [0.29, 0.717) is 17.8 Å². The Bertz CT molecular complexity index is 681. The van der Waals surface area contributed by atoms with Crippen molar-refractivity contribution in [1.82, 2.24) is 10.2 Å². The van der Waals surface area contributed by atoms with Crippen molar-refractivity contribution in [3.05, 3.63) is 29.8 Å². The van der Waals surface area contributed by atoms with E-state index in [4.69, 9.17) is 0 Å². The highest BCUT2D eigenvalue weighted by atomic mass is 32.2. The van der Waals surface area contributed by atoms with Gasteiger partial charge in [-0.1, -0.05) is 26.0 Å². The molecule has 1 saturated heterocycles. The molecule has 1 heterocycles. The van der Waals surface area contributed by atoms with Crippen LogP contribution in [0.4, 0.5) is 5.69 Å². The second-order valence-electron chi connectivity index (χ2n) is 7.23. The summed E-state index contributed by atoms with van der Waals surface area (Å²) in [6, 6.07) is 6.63. The summed E-state index contributed by atoms with van der Waals surface area (Å²) < 4.78 is 25.2. The summed E-state index contributed by atoms with van der Waals surface area (Å²) >= 11 is 0. The van der Waals surface area contributed by atoms with Gasteiger partial charge in [-0.25, -0.2) is 8.42 Å². The molecule has 2 atom stereocenters. The first-order valence-electron chi connectivity index (χ1n) is 8.82. The average molecular weight is 368 g/mol. The SMILES string of the molecule is CC1CC(C)CN(CCCNC(=O)c2ccccc2NS(C)(=O)=O)C1. The normalized spacial score (nSPS) is 21.7. The maximum absolute atomic E-state index is 12.3. The van der Waals surface area contributed by atoms with Gasteiger partial charge in [-0.2, -0.15) is 0 Å². The van der Waals surface area contributed by atoms with E-state index in [1.165, 1.54) is 6.42 Å². The molecule has 0 spiro atoms. The summed E-state index contributed by atoms with van der Waals surface area (Å²) in [7, 11) is -3.42. The van der Waals surface area contributed by atoms with Crippen molar-refractivity contribution in [1.29, 1.82) is 0 Å². The van der Waals surface area contributed by atoms with E-state index in [9.17, 15) is 13.2 Å². The molecule has 1 aromatic carbocycles. The van der Waals surface area contributed by atoms with Gasteiger partial charge in [0, 0.05) is 19.6 Å². The number of anilines is 1. The van der Waals surface area contributed by atoms with E-state index in [-0.39, 0.29) is 5.91 Å². The van der Waals surface area contributed by atoms with Crippen molar-refractivity contribution >= 4 is 21.6 Å². The molecule has 1 fully saturated rings. The van der Waals surface area contributed by atoms with E-state index in [1.54, 1.807) is 24.3 Å². The van der Waals surface area contributed by atoms with Crippen molar-refractivity contribution in [3.8, 4) is 0 Å². The molecule has 2 unspecified atom stereocenters. The zero-order chi connectivity index (χ0) is 18.4. The quantitative estimate of drug-likeness (QED) is 0.724. The van der Waals surface area contributed by atoms with E-state index in [2.05, 4.69) is 28.8 Å². The molecule has 2 N–H and O–H groups in total. The average Bonchev–Trinajstić information content (AvgIpc) is 2.49. The first-order chi connectivity index (χ1) is 11.7. The molecule has 2 rings (SSSR count). The number of nitrogens with one attached hydrogen (secondary N) is 2. The van der Waals surface area contributed by atoms with Crippen molar-refractivity contribution in [3.63, 3.8) is 0 Å². The molecule has 0 radical (unpaired) electrons. The molecule has 25 heavy (non-hydrogen) atoms. The van der Waals surface area contributed by atoms with E-state index in [1.807, 2.05) is 0 Å². The van der Waals surface area contributed by atoms with Crippen LogP contribution < -0.4 is 10.0 Å². The van der Waals surface area contributed by atoms with Crippen LogP contribution in [-0.2, 0) is 10.0 Å². The van der Waals surface area contributed by atoms with Crippen molar-refractivity contribution in [2.45, 2.75) is 26.7 Å². The summed E-state index contributed by atoms with van der Waals surface area (Å²) in [5.41, 5.74) is 0.648. The van der Waals surface area contributed by atoms with Gasteiger partial charge in [0.2, 0.25) is 10.0 Å². The molecule has 0 aromatic heterocycles. The van der Waals surface area contributed by atoms with Gasteiger partial charge in [0.15, 0.2) is 0 Å². The van der Waals surface area contributed by atoms with Crippen LogP contribution in [0.5, 0.6) is 0 Å². The lowest BCUT2D eigenvalue weighted by Gasteiger charge is -2.34. The number of rotatable bonds is 7. The summed E-state index contributed by atoms with van der Waals surface area (Å²) in [4.78, 5) is 14.8. The first kappa shape index (κ1) is 19.7. The minimum atomic E-state index is -3.42. The summed E-state index contributed by atoms with van der Waals surface area (Å²) in [5, 5.41) is 2.89. The number of piperidine rings is 1. The number of hydrogen-bond donors (Lipinski definition) is 2. The van der Waals surface area contributed by atoms with Gasteiger partial charge in [-0.15, -0.1) is 0 Å². The number of carbonyl (C=O) groups is 1. The Hall–Kier alpha value is -1.60. The monoisotopic (exact) mass is 367 g/mol. The third-order valence-electron chi connectivity index (χ3n) is 4.35. The van der Waals surface area contributed by atoms with Crippen LogP contribution >= 0.6 is 0 Å². The van der Waals surface area contributed by atoms with Crippen LogP contribution in [-0.4, -0.2) is 51.7 Å². The Balaban J connectivity index is 1.83. The van der Waals surface area contributed by atoms with Gasteiger partial charge < -0.3 is 10.2 Å². The maximum Gasteiger partial charge on any atom is 0.253 e. The molecule has 0 bridgehead atoms. The molecule has 7 heteroatoms. The van der Waals surface area contributed by atoms with Crippen LogP contribution in [0, 0.1) is 11.8 Å². The zero-order valence-corrected chi connectivity index (χ0v) is 16.1. The highest BCUT2D eigenvalue weighted by Gasteiger charge is 2.21. The Morgan fingerprint density at radius 2 is 1.84 bits per heavy atom. The second-order valence-corrected chi connectivity index (χ2v) is 8.98. The topological polar surface area (TPSA) is 78.5 Å². The molecule has 140 valence electrons. The van der Waals surface area contributed by atoms with E-state index >= 15 is 0 Å². The molecule has 1 amide bonds. The number of sulfonamides is 1. The lowest BCUT2D eigenvalue weighted by molar-refractivity contribution is 0.0948. The van der Waals surface area contributed by atoms with E-state index in [0.717, 1.165) is 44.1 Å². The summed E-state index contributed by atoms with van der Waals surface area (Å²) in [6.07, 6.45) is 3.24. The fraction of sp³-hybridized carbons (Fsp3) is 0.611. The van der Waals surface area contributed by atoms with Gasteiger partial charge in [0.05, 0.1) is 17.5 Å². The first-order valence-corrected chi connectivity index (χ1v) is 10.7. The number of likely N-dealkylation sites (tertiary alicyclic amines) is 1. The molecule has 6 nitrogen and oxygen atoms in total. The van der Waals surface area contributed by atoms with Gasteiger partial charge in [0.25, 0.3) is 5.91 Å². The van der Waals surface area contributed by atoms with Crippen molar-refractivity contribution < 1.29 is 13.2 Å². The predicted molar refractivity (Wildman–Crippen MR) is 101 cm³/mol. The minimum Gasteiger partial charge on any atom is -0.352 e. The molecule has 0 aliphatic carbocycles. The van der Waals surface area contributed by atoms with Crippen molar-refractivity contribution in [2.75, 3.05) is 37.2 Å². The lowest BCUT2D eigenvalue weighted by atomic mass is 9.92. The second kappa shape index (κ2) is 8.67. The Labute approximate surface area is 151 Å². The largest absolute Gasteiger partial charge is 0.352 e. The molecule has 1 aromatic rings. The Morgan fingerprint density at radius 1 is 1.20 bits per heavy atom. The zero-order valence-electron chi connectivity index (χ0n) is 15.3. The summed E-state index contributed by atoms with van der Waals surface area (Å²) in [6.45, 7) is 8.37. The third kappa shape index (κ3) is 6.66. The number of carbonyl (C=O) groups excluding carboxylic acids is 1. The molecule has 0 saturated carbocycles. The van der Waals surface area contributed by atoms with Gasteiger partial charge in [-0.3, -0.25) is 9.52 Å². The smallest absolute Gasteiger partial charge is 0.253 e. The fourth-order valence-electron chi connectivity index (χ4n) is 3.54. The van der Waals surface area contributed by atoms with Gasteiger partial charge in [-0.05, 0) is 43.4 Å². The number of nitrogens with zero attached hydrogens (tertiary/aromatic N) is 1. The highest BCUT2D eigenvalue weighted by molar-refractivity contribution is 7.92. The van der Waals surface area contributed by atoms with Crippen LogP contribution in [0.3, 0.4) is 0 Å². The number of hydrogen-bond acceptors (Lipinski definition) is 4. The Morgan fingerprint density at radius 3 is 2.48 bits per heavy atom. The van der Waals surface area contributed by atoms with Crippen LogP contribution in [0.2, 0.25) is 0 Å². The number of para-hydroxylation sites is 1. The van der Waals surface area contributed by atoms with Crippen LogP contribution in [0.1, 0.15) is 37.0 Å². The Kier molecular flexibility index (Phi) is 6.84. The lowest BCUT2D eigenvalue weighted by Crippen LogP contribution is -2.40.